The van der Waals surface area contributed by atoms with Gasteiger partial charge in [0.25, 0.3) is 0 Å². The van der Waals surface area contributed by atoms with E-state index in [0.29, 0.717) is 39.3 Å². The summed E-state index contributed by atoms with van der Waals surface area (Å²) in [6.45, 7) is 3.36. The van der Waals surface area contributed by atoms with E-state index in [4.69, 9.17) is 5.11 Å². The molecule has 0 aromatic heterocycles. The number of hydrogen-bond donors (Lipinski definition) is 2. The number of carbonyl (C=O) groups is 1. The van der Waals surface area contributed by atoms with Crippen LogP contribution in [0.4, 0.5) is 13.2 Å². The van der Waals surface area contributed by atoms with Gasteiger partial charge < -0.3 is 10.4 Å². The molecule has 1 aliphatic heterocycles. The second-order valence-electron chi connectivity index (χ2n) is 4.64. The minimum absolute atomic E-state index is 0.317. The number of likely N-dealkylation sites (N-methyl/N-ethyl adjacent to an activating group) is 1. The predicted octanol–water partition coefficient (Wildman–Crippen LogP) is 0.229. The molecule has 1 rings (SSSR count). The molecule has 0 amide bonds. The van der Waals surface area contributed by atoms with Crippen LogP contribution < -0.4 is 5.32 Å². The SMILES string of the molecule is CCNC(CN1CCN(CC(F)(F)F)CC1)C(=O)O. The molecule has 1 saturated heterocycles. The smallest absolute Gasteiger partial charge is 0.401 e. The largest absolute Gasteiger partial charge is 0.480 e. The van der Waals surface area contributed by atoms with Crippen LogP contribution in [-0.4, -0.2) is 78.9 Å². The molecule has 0 aliphatic carbocycles. The summed E-state index contributed by atoms with van der Waals surface area (Å²) in [4.78, 5) is 14.2. The van der Waals surface area contributed by atoms with Gasteiger partial charge in [-0.15, -0.1) is 0 Å². The summed E-state index contributed by atoms with van der Waals surface area (Å²) < 4.78 is 36.6. The van der Waals surface area contributed by atoms with Gasteiger partial charge in [-0.05, 0) is 6.54 Å². The molecule has 1 heterocycles. The van der Waals surface area contributed by atoms with Crippen molar-refractivity contribution in [1.29, 1.82) is 0 Å². The first kappa shape index (κ1) is 16.2. The van der Waals surface area contributed by atoms with E-state index in [-0.39, 0.29) is 0 Å². The van der Waals surface area contributed by atoms with Crippen LogP contribution in [0.1, 0.15) is 6.92 Å². The van der Waals surface area contributed by atoms with Gasteiger partial charge >= 0.3 is 12.1 Å². The van der Waals surface area contributed by atoms with Gasteiger partial charge in [0.2, 0.25) is 0 Å². The van der Waals surface area contributed by atoms with Crippen molar-refractivity contribution >= 4 is 5.97 Å². The summed E-state index contributed by atoms with van der Waals surface area (Å²) in [7, 11) is 0. The molecule has 0 radical (unpaired) electrons. The van der Waals surface area contributed by atoms with E-state index in [1.54, 1.807) is 0 Å². The number of carboxylic acids is 1. The first-order valence-electron chi connectivity index (χ1n) is 6.29. The standard InChI is InChI=1S/C11H20F3N3O2/c1-2-15-9(10(18)19)7-16-3-5-17(6-4-16)8-11(12,13)14/h9,15H,2-8H2,1H3,(H,18,19). The van der Waals surface area contributed by atoms with Gasteiger partial charge in [0, 0.05) is 32.7 Å². The molecule has 2 N–H and O–H groups in total. The first-order valence-corrected chi connectivity index (χ1v) is 6.29. The minimum atomic E-state index is -4.17. The minimum Gasteiger partial charge on any atom is -0.480 e. The fourth-order valence-corrected chi connectivity index (χ4v) is 2.12. The van der Waals surface area contributed by atoms with Crippen molar-refractivity contribution in [3.63, 3.8) is 0 Å². The lowest BCUT2D eigenvalue weighted by Crippen LogP contribution is -2.53. The second-order valence-corrected chi connectivity index (χ2v) is 4.64. The zero-order valence-corrected chi connectivity index (χ0v) is 10.9. The monoisotopic (exact) mass is 283 g/mol. The molecular formula is C11H20F3N3O2. The maximum Gasteiger partial charge on any atom is 0.401 e. The van der Waals surface area contributed by atoms with Crippen molar-refractivity contribution in [2.75, 3.05) is 45.8 Å². The lowest BCUT2D eigenvalue weighted by atomic mass is 10.2. The number of aliphatic carboxylic acids is 1. The first-order chi connectivity index (χ1) is 8.81. The number of nitrogens with zero attached hydrogens (tertiary/aromatic N) is 2. The number of alkyl halides is 3. The molecule has 1 fully saturated rings. The molecule has 112 valence electrons. The molecular weight excluding hydrogens is 263 g/mol. The van der Waals surface area contributed by atoms with Crippen LogP contribution in [0.2, 0.25) is 0 Å². The maximum atomic E-state index is 12.2. The fraction of sp³-hybridized carbons (Fsp3) is 0.909. The van der Waals surface area contributed by atoms with Crippen LogP contribution in [-0.2, 0) is 4.79 Å². The third kappa shape index (κ3) is 6.22. The van der Waals surface area contributed by atoms with Gasteiger partial charge in [0.05, 0.1) is 6.54 Å². The normalized spacial score (nSPS) is 20.4. The second kappa shape index (κ2) is 7.06. The third-order valence-corrected chi connectivity index (χ3v) is 3.06. The van der Waals surface area contributed by atoms with Crippen LogP contribution in [0.25, 0.3) is 0 Å². The zero-order valence-electron chi connectivity index (χ0n) is 10.9. The van der Waals surface area contributed by atoms with E-state index in [1.165, 1.54) is 4.90 Å². The molecule has 0 spiro atoms. The van der Waals surface area contributed by atoms with Gasteiger partial charge in [-0.2, -0.15) is 13.2 Å². The van der Waals surface area contributed by atoms with Crippen LogP contribution in [0.3, 0.4) is 0 Å². The molecule has 0 bridgehead atoms. The highest BCUT2D eigenvalue weighted by Gasteiger charge is 2.32. The van der Waals surface area contributed by atoms with E-state index in [9.17, 15) is 18.0 Å². The van der Waals surface area contributed by atoms with Gasteiger partial charge in [-0.25, -0.2) is 0 Å². The van der Waals surface area contributed by atoms with Gasteiger partial charge in [-0.1, -0.05) is 6.92 Å². The molecule has 1 unspecified atom stereocenters. The van der Waals surface area contributed by atoms with Crippen LogP contribution >= 0.6 is 0 Å². The van der Waals surface area contributed by atoms with Crippen molar-refractivity contribution in [2.24, 2.45) is 0 Å². The van der Waals surface area contributed by atoms with Gasteiger partial charge in [0.15, 0.2) is 0 Å². The Morgan fingerprint density at radius 3 is 2.21 bits per heavy atom. The van der Waals surface area contributed by atoms with E-state index >= 15 is 0 Å². The summed E-state index contributed by atoms with van der Waals surface area (Å²) in [5.74, 6) is -0.931. The Labute approximate surface area is 110 Å². The van der Waals surface area contributed by atoms with E-state index in [0.717, 1.165) is 0 Å². The molecule has 8 heteroatoms. The molecule has 0 aromatic rings. The fourth-order valence-electron chi connectivity index (χ4n) is 2.12. The summed E-state index contributed by atoms with van der Waals surface area (Å²) in [5, 5.41) is 11.8. The summed E-state index contributed by atoms with van der Waals surface area (Å²) >= 11 is 0. The molecule has 5 nitrogen and oxygen atoms in total. The van der Waals surface area contributed by atoms with Gasteiger partial charge in [0.1, 0.15) is 6.04 Å². The summed E-state index contributed by atoms with van der Waals surface area (Å²) in [6, 6.07) is -0.667. The Morgan fingerprint density at radius 2 is 1.79 bits per heavy atom. The van der Waals surface area contributed by atoms with Crippen molar-refractivity contribution in [2.45, 2.75) is 19.1 Å². The molecule has 19 heavy (non-hydrogen) atoms. The highest BCUT2D eigenvalue weighted by atomic mass is 19.4. The lowest BCUT2D eigenvalue weighted by molar-refractivity contribution is -0.149. The zero-order chi connectivity index (χ0) is 14.5. The van der Waals surface area contributed by atoms with Crippen LogP contribution in [0.5, 0.6) is 0 Å². The average molecular weight is 283 g/mol. The third-order valence-electron chi connectivity index (χ3n) is 3.06. The molecule has 1 atom stereocenters. The molecule has 0 saturated carbocycles. The van der Waals surface area contributed by atoms with Crippen LogP contribution in [0.15, 0.2) is 0 Å². The van der Waals surface area contributed by atoms with Crippen molar-refractivity contribution < 1.29 is 23.1 Å². The number of piperazine rings is 1. The van der Waals surface area contributed by atoms with E-state index < -0.39 is 24.7 Å². The van der Waals surface area contributed by atoms with E-state index in [2.05, 4.69) is 5.32 Å². The number of halogens is 3. The number of nitrogens with one attached hydrogen (secondary N) is 1. The number of carboxylic acid groups (broad SMARTS) is 1. The van der Waals surface area contributed by atoms with Crippen LogP contribution in [0, 0.1) is 0 Å². The Bertz CT molecular complexity index is 291. The molecule has 0 aromatic carbocycles. The predicted molar refractivity (Wildman–Crippen MR) is 64.0 cm³/mol. The van der Waals surface area contributed by atoms with E-state index in [1.807, 2.05) is 11.8 Å². The number of rotatable bonds is 6. The Balaban J connectivity index is 2.35. The van der Waals surface area contributed by atoms with Gasteiger partial charge in [-0.3, -0.25) is 14.6 Å². The van der Waals surface area contributed by atoms with Crippen molar-refractivity contribution in [3.8, 4) is 0 Å². The summed E-state index contributed by atoms with van der Waals surface area (Å²) in [6.07, 6.45) is -4.17. The topological polar surface area (TPSA) is 55.8 Å². The summed E-state index contributed by atoms with van der Waals surface area (Å²) in [5.41, 5.74) is 0. The highest BCUT2D eigenvalue weighted by Crippen LogP contribution is 2.17. The number of hydrogen-bond acceptors (Lipinski definition) is 4. The Kier molecular flexibility index (Phi) is 6.02. The quantitative estimate of drug-likeness (QED) is 0.731. The lowest BCUT2D eigenvalue weighted by Gasteiger charge is -2.36. The highest BCUT2D eigenvalue weighted by molar-refractivity contribution is 5.73. The van der Waals surface area contributed by atoms with Crippen molar-refractivity contribution in [3.05, 3.63) is 0 Å². The maximum absolute atomic E-state index is 12.2. The Hall–Kier alpha value is -0.860. The Morgan fingerprint density at radius 1 is 1.26 bits per heavy atom. The van der Waals surface area contributed by atoms with Crippen molar-refractivity contribution in [1.82, 2.24) is 15.1 Å². The molecule has 1 aliphatic rings. The average Bonchev–Trinajstić information content (AvgIpc) is 2.29.